The van der Waals surface area contributed by atoms with Crippen molar-refractivity contribution in [1.82, 2.24) is 0 Å². The molecule has 0 fully saturated rings. The van der Waals surface area contributed by atoms with Crippen LogP contribution in [0.15, 0.2) is 30.5 Å². The van der Waals surface area contributed by atoms with Crippen molar-refractivity contribution in [3.05, 3.63) is 30.5 Å². The zero-order chi connectivity index (χ0) is 10.6. The number of hydrogen-bond acceptors (Lipinski definition) is 3. The highest BCUT2D eigenvalue weighted by Crippen LogP contribution is 2.22. The van der Waals surface area contributed by atoms with Crippen molar-refractivity contribution in [2.24, 2.45) is 0 Å². The van der Waals surface area contributed by atoms with Crippen LogP contribution in [0.5, 0.6) is 0 Å². The van der Waals surface area contributed by atoms with Crippen molar-refractivity contribution in [3.8, 4) is 0 Å². The van der Waals surface area contributed by atoms with Crippen LogP contribution in [0.2, 0.25) is 0 Å². The molecule has 1 rings (SSSR count). The Balaban J connectivity index is 2.72. The molecule has 0 amide bonds. The summed E-state index contributed by atoms with van der Waals surface area (Å²) in [4.78, 5) is 0. The molecule has 0 aliphatic carbocycles. The standard InChI is InChI=1S/C11H17N3/c1-3-4-8(2)14-11-6-5-9(12)7-10(11)13/h5-7,14H,2-4,12-13H2,1H3. The van der Waals surface area contributed by atoms with Crippen molar-refractivity contribution in [3.63, 3.8) is 0 Å². The number of anilines is 3. The van der Waals surface area contributed by atoms with Crippen LogP contribution in [0.1, 0.15) is 19.8 Å². The highest BCUT2D eigenvalue weighted by molar-refractivity contribution is 5.72. The summed E-state index contributed by atoms with van der Waals surface area (Å²) < 4.78 is 0. The molecule has 0 bridgehead atoms. The van der Waals surface area contributed by atoms with Gasteiger partial charge in [0.25, 0.3) is 0 Å². The van der Waals surface area contributed by atoms with E-state index in [1.54, 1.807) is 6.07 Å². The van der Waals surface area contributed by atoms with Gasteiger partial charge in [0.05, 0.1) is 11.4 Å². The maximum atomic E-state index is 5.78. The molecule has 0 aliphatic heterocycles. The first-order valence-corrected chi connectivity index (χ1v) is 4.73. The number of rotatable bonds is 4. The predicted molar refractivity (Wildman–Crippen MR) is 62.9 cm³/mol. The van der Waals surface area contributed by atoms with E-state index in [1.807, 2.05) is 12.1 Å². The van der Waals surface area contributed by atoms with Gasteiger partial charge in [0.1, 0.15) is 0 Å². The lowest BCUT2D eigenvalue weighted by molar-refractivity contribution is 0.914. The summed E-state index contributed by atoms with van der Waals surface area (Å²) in [5.74, 6) is 0. The smallest absolute Gasteiger partial charge is 0.0616 e. The summed E-state index contributed by atoms with van der Waals surface area (Å²) in [7, 11) is 0. The first-order valence-electron chi connectivity index (χ1n) is 4.73. The van der Waals surface area contributed by atoms with Gasteiger partial charge in [0.2, 0.25) is 0 Å². The summed E-state index contributed by atoms with van der Waals surface area (Å²) in [6.45, 7) is 6.02. The van der Waals surface area contributed by atoms with Crippen LogP contribution >= 0.6 is 0 Å². The zero-order valence-corrected chi connectivity index (χ0v) is 8.51. The highest BCUT2D eigenvalue weighted by Gasteiger charge is 1.99. The van der Waals surface area contributed by atoms with Crippen LogP contribution in [-0.4, -0.2) is 0 Å². The molecule has 0 aliphatic rings. The molecule has 0 spiro atoms. The molecule has 76 valence electrons. The number of hydrogen-bond donors (Lipinski definition) is 3. The maximum absolute atomic E-state index is 5.78. The third kappa shape index (κ3) is 2.69. The Bertz CT molecular complexity index is 331. The van der Waals surface area contributed by atoms with E-state index in [-0.39, 0.29) is 0 Å². The topological polar surface area (TPSA) is 64.1 Å². The fraction of sp³-hybridized carbons (Fsp3) is 0.273. The molecule has 0 heterocycles. The van der Waals surface area contributed by atoms with E-state index >= 15 is 0 Å². The van der Waals surface area contributed by atoms with Gasteiger partial charge in [-0.3, -0.25) is 0 Å². The molecular formula is C11H17N3. The third-order valence-electron chi connectivity index (χ3n) is 1.94. The largest absolute Gasteiger partial charge is 0.399 e. The van der Waals surface area contributed by atoms with Crippen LogP contribution in [0.3, 0.4) is 0 Å². The molecule has 1 aromatic carbocycles. The van der Waals surface area contributed by atoms with Crippen molar-refractivity contribution in [2.45, 2.75) is 19.8 Å². The Hall–Kier alpha value is -1.64. The van der Waals surface area contributed by atoms with Gasteiger partial charge in [0.15, 0.2) is 0 Å². The van der Waals surface area contributed by atoms with E-state index in [4.69, 9.17) is 11.5 Å². The second kappa shape index (κ2) is 4.56. The van der Waals surface area contributed by atoms with Crippen molar-refractivity contribution >= 4 is 17.1 Å². The summed E-state index contributed by atoms with van der Waals surface area (Å²) in [5, 5.41) is 3.16. The molecule has 3 nitrogen and oxygen atoms in total. The minimum Gasteiger partial charge on any atom is -0.399 e. The van der Waals surface area contributed by atoms with Crippen molar-refractivity contribution < 1.29 is 0 Å². The quantitative estimate of drug-likeness (QED) is 0.641. The van der Waals surface area contributed by atoms with Crippen molar-refractivity contribution in [1.29, 1.82) is 0 Å². The van der Waals surface area contributed by atoms with E-state index in [9.17, 15) is 0 Å². The molecule has 5 N–H and O–H groups in total. The fourth-order valence-electron chi connectivity index (χ4n) is 1.25. The average Bonchev–Trinajstić information content (AvgIpc) is 2.10. The Kier molecular flexibility index (Phi) is 3.40. The molecule has 1 aromatic rings. The normalized spacial score (nSPS) is 9.79. The summed E-state index contributed by atoms with van der Waals surface area (Å²) >= 11 is 0. The second-order valence-electron chi connectivity index (χ2n) is 3.33. The molecule has 0 atom stereocenters. The molecule has 14 heavy (non-hydrogen) atoms. The van der Waals surface area contributed by atoms with E-state index < -0.39 is 0 Å². The van der Waals surface area contributed by atoms with E-state index in [2.05, 4.69) is 18.8 Å². The van der Waals surface area contributed by atoms with Gasteiger partial charge < -0.3 is 16.8 Å². The van der Waals surface area contributed by atoms with E-state index in [1.165, 1.54) is 0 Å². The van der Waals surface area contributed by atoms with Gasteiger partial charge in [-0.15, -0.1) is 0 Å². The average molecular weight is 191 g/mol. The first kappa shape index (κ1) is 10.4. The predicted octanol–water partition coefficient (Wildman–Crippen LogP) is 2.58. The molecule has 3 heteroatoms. The van der Waals surface area contributed by atoms with Gasteiger partial charge in [0, 0.05) is 11.4 Å². The van der Waals surface area contributed by atoms with Crippen LogP contribution < -0.4 is 16.8 Å². The Labute approximate surface area is 84.8 Å². The van der Waals surface area contributed by atoms with E-state index in [0.717, 1.165) is 24.2 Å². The monoisotopic (exact) mass is 191 g/mol. The Morgan fingerprint density at radius 3 is 2.71 bits per heavy atom. The lowest BCUT2D eigenvalue weighted by Gasteiger charge is -2.11. The van der Waals surface area contributed by atoms with Gasteiger partial charge in [-0.1, -0.05) is 19.9 Å². The van der Waals surface area contributed by atoms with E-state index in [0.29, 0.717) is 11.4 Å². The van der Waals surface area contributed by atoms with Crippen LogP contribution in [-0.2, 0) is 0 Å². The highest BCUT2D eigenvalue weighted by atomic mass is 14.9. The number of allylic oxidation sites excluding steroid dienone is 1. The summed E-state index contributed by atoms with van der Waals surface area (Å²) in [6, 6.07) is 5.42. The minimum absolute atomic E-state index is 0.655. The molecule has 0 aromatic heterocycles. The van der Waals surface area contributed by atoms with Gasteiger partial charge in [-0.2, -0.15) is 0 Å². The maximum Gasteiger partial charge on any atom is 0.0616 e. The molecular weight excluding hydrogens is 174 g/mol. The first-order chi connectivity index (χ1) is 6.63. The SMILES string of the molecule is C=C(CCC)Nc1ccc(N)cc1N. The fourth-order valence-corrected chi connectivity index (χ4v) is 1.25. The lowest BCUT2D eigenvalue weighted by atomic mass is 10.2. The van der Waals surface area contributed by atoms with Crippen LogP contribution in [0, 0.1) is 0 Å². The molecule has 0 radical (unpaired) electrons. The number of nitrogen functional groups attached to an aromatic ring is 2. The number of benzene rings is 1. The Morgan fingerprint density at radius 1 is 1.43 bits per heavy atom. The number of nitrogens with one attached hydrogen (secondary N) is 1. The molecule has 0 saturated carbocycles. The summed E-state index contributed by atoms with van der Waals surface area (Å²) in [5.41, 5.74) is 14.5. The zero-order valence-electron chi connectivity index (χ0n) is 8.51. The lowest BCUT2D eigenvalue weighted by Crippen LogP contribution is -2.01. The van der Waals surface area contributed by atoms with Gasteiger partial charge >= 0.3 is 0 Å². The molecule has 0 unspecified atom stereocenters. The molecule has 0 saturated heterocycles. The third-order valence-corrected chi connectivity index (χ3v) is 1.94. The van der Waals surface area contributed by atoms with Gasteiger partial charge in [-0.25, -0.2) is 0 Å². The van der Waals surface area contributed by atoms with Crippen LogP contribution in [0.25, 0.3) is 0 Å². The second-order valence-corrected chi connectivity index (χ2v) is 3.33. The minimum atomic E-state index is 0.655. The Morgan fingerprint density at radius 2 is 2.14 bits per heavy atom. The number of nitrogens with two attached hydrogens (primary N) is 2. The summed E-state index contributed by atoms with van der Waals surface area (Å²) in [6.07, 6.45) is 2.02. The van der Waals surface area contributed by atoms with Gasteiger partial charge in [-0.05, 0) is 24.6 Å². The van der Waals surface area contributed by atoms with Crippen LogP contribution in [0.4, 0.5) is 17.1 Å². The van der Waals surface area contributed by atoms with Crippen molar-refractivity contribution in [2.75, 3.05) is 16.8 Å².